The van der Waals surface area contributed by atoms with Crippen LogP contribution >= 0.6 is 0 Å². The molecule has 0 fully saturated rings. The fourth-order valence-electron chi connectivity index (χ4n) is 1.66. The minimum absolute atomic E-state index is 0.833. The van der Waals surface area contributed by atoms with Crippen LogP contribution < -0.4 is 0 Å². The van der Waals surface area contributed by atoms with E-state index in [2.05, 4.69) is 175 Å². The Hall–Kier alpha value is -5.38. The van der Waals surface area contributed by atoms with Gasteiger partial charge in [0.1, 0.15) is 25.3 Å². The van der Waals surface area contributed by atoms with Gasteiger partial charge in [-0.3, -0.25) is 15.0 Å². The van der Waals surface area contributed by atoms with Gasteiger partial charge in [-0.2, -0.15) is 10.2 Å². The van der Waals surface area contributed by atoms with Gasteiger partial charge < -0.3 is 0 Å². The molecule has 0 N–H and O–H groups in total. The van der Waals surface area contributed by atoms with Crippen LogP contribution in [0.1, 0.15) is 208 Å². The number of pyridine rings is 1. The highest BCUT2D eigenvalue weighted by Gasteiger charge is 1.70. The van der Waals surface area contributed by atoms with Crippen LogP contribution in [0.25, 0.3) is 0 Å². The highest BCUT2D eigenvalue weighted by molar-refractivity contribution is 4.99. The van der Waals surface area contributed by atoms with Crippen molar-refractivity contribution in [2.75, 3.05) is 0 Å². The SMILES string of the molecule is CC.CC.CC.CC.CC.CC.CC(C)C.CC(C)C.CC(C)C.CC(C)C.CC(C)C.CC(C)C.c1ccccc1.c1ccncc1.c1ccnnc1.c1cnccn1.c1cncnc1.c1ncncn1. The predicted molar refractivity (Wildman–Crippen MR) is 328 cm³/mol. The molecule has 1 aromatic carbocycles. The van der Waals surface area contributed by atoms with E-state index in [0.717, 1.165) is 35.5 Å². The quantitative estimate of drug-likeness (QED) is 0.145. The van der Waals surface area contributed by atoms with E-state index in [0.29, 0.717) is 0 Å². The Balaban J connectivity index is -0.0000000538. The largest absolute Gasteiger partial charge is 0.265 e. The second-order valence-corrected chi connectivity index (χ2v) is 16.1. The lowest BCUT2D eigenvalue weighted by Gasteiger charge is -1.79. The van der Waals surface area contributed by atoms with E-state index in [1.54, 1.807) is 68.0 Å². The summed E-state index contributed by atoms with van der Waals surface area (Å²) in [5, 5.41) is 7.07. The first-order chi connectivity index (χ1) is 34.4. The van der Waals surface area contributed by atoms with E-state index in [1.807, 2.05) is 150 Å². The summed E-state index contributed by atoms with van der Waals surface area (Å²) in [5.74, 6) is 5.00. The van der Waals surface area contributed by atoms with Crippen molar-refractivity contribution in [3.8, 4) is 0 Å². The van der Waals surface area contributed by atoms with E-state index in [-0.39, 0.29) is 0 Å². The average molecular weight is 1010 g/mol. The van der Waals surface area contributed by atoms with Crippen molar-refractivity contribution in [2.24, 2.45) is 35.5 Å². The van der Waals surface area contributed by atoms with Crippen LogP contribution in [0.2, 0.25) is 0 Å². The maximum absolute atomic E-state index is 3.78. The van der Waals surface area contributed by atoms with Gasteiger partial charge in [-0.25, -0.2) is 24.9 Å². The molecular weight excluding hydrogens is 885 g/mol. The third kappa shape index (κ3) is 279. The second-order valence-electron chi connectivity index (χ2n) is 16.1. The zero-order valence-corrected chi connectivity index (χ0v) is 52.9. The first-order valence-corrected chi connectivity index (χ1v) is 26.9. The van der Waals surface area contributed by atoms with Crippen LogP contribution in [0.3, 0.4) is 0 Å². The molecule has 420 valence electrons. The smallest absolute Gasteiger partial charge is 0.119 e. The zero-order chi connectivity index (χ0) is 58.9. The number of aromatic nitrogens is 10. The molecule has 0 bridgehead atoms. The zero-order valence-electron chi connectivity index (χ0n) is 52.9. The van der Waals surface area contributed by atoms with Gasteiger partial charge >= 0.3 is 0 Å². The third-order valence-electron chi connectivity index (χ3n) is 3.07. The molecule has 72 heavy (non-hydrogen) atoms. The summed E-state index contributed by atoms with van der Waals surface area (Å²) in [6.07, 6.45) is 22.5. The molecule has 0 amide bonds. The summed E-state index contributed by atoms with van der Waals surface area (Å²) in [6.45, 7) is 63.0. The van der Waals surface area contributed by atoms with Crippen LogP contribution in [-0.2, 0) is 0 Å². The minimum atomic E-state index is 0.833. The third-order valence-corrected chi connectivity index (χ3v) is 3.07. The van der Waals surface area contributed by atoms with Gasteiger partial charge in [0.2, 0.25) is 0 Å². The molecule has 6 aromatic rings. The number of rotatable bonds is 0. The minimum Gasteiger partial charge on any atom is -0.265 e. The summed E-state index contributed by atoms with van der Waals surface area (Å²) in [5.41, 5.74) is 0. The van der Waals surface area contributed by atoms with Crippen LogP contribution in [-0.4, -0.2) is 50.1 Å². The molecule has 0 aliphatic rings. The number of nitrogens with zero attached hydrogens (tertiary/aromatic N) is 10. The van der Waals surface area contributed by atoms with Crippen molar-refractivity contribution in [1.29, 1.82) is 0 Å². The fourth-order valence-corrected chi connectivity index (χ4v) is 1.66. The maximum atomic E-state index is 3.78. The van der Waals surface area contributed by atoms with Gasteiger partial charge in [-0.15, -0.1) is 0 Å². The summed E-state index contributed by atoms with van der Waals surface area (Å²) in [4.78, 5) is 29.3. The summed E-state index contributed by atoms with van der Waals surface area (Å²) >= 11 is 0. The molecule has 0 atom stereocenters. The Morgan fingerprint density at radius 3 is 0.403 bits per heavy atom. The molecule has 0 spiro atoms. The average Bonchev–Trinajstić information content (AvgIpc) is 3.41. The van der Waals surface area contributed by atoms with E-state index in [9.17, 15) is 0 Å². The lowest BCUT2D eigenvalue weighted by molar-refractivity contribution is 0.736. The molecule has 6 rings (SSSR count). The number of hydrogen-bond donors (Lipinski definition) is 0. The Labute approximate surface area is 451 Å². The van der Waals surface area contributed by atoms with E-state index >= 15 is 0 Å². The van der Waals surface area contributed by atoms with Crippen molar-refractivity contribution in [3.05, 3.63) is 160 Å². The molecule has 10 nitrogen and oxygen atoms in total. The summed E-state index contributed by atoms with van der Waals surface area (Å²) < 4.78 is 0. The van der Waals surface area contributed by atoms with Crippen LogP contribution in [0.5, 0.6) is 0 Å². The van der Waals surface area contributed by atoms with Gasteiger partial charge in [-0.1, -0.05) is 250 Å². The maximum Gasteiger partial charge on any atom is 0.119 e. The molecular formula is C62H122N10. The molecule has 0 saturated carbocycles. The second kappa shape index (κ2) is 116. The number of benzene rings is 1. The standard InChI is InChI=1S/C6H6.C5H5N.3C4H4N2.6C4H10.C3H3N3.6C2H6/c2*1-2-4-6-5-3-1;1-2-6-4-3-5-1;1-2-5-4-6-3-1;1-2-4-6-5-3-1;6*1-4(2)3;1-4-2-6-3-5-1;6*1-2/h1-6H;1-5H;3*1-4H;6*4H,1-3H3;1-3H;6*1-2H3. The van der Waals surface area contributed by atoms with Gasteiger partial charge in [0, 0.05) is 62.0 Å². The topological polar surface area (TPSA) is 129 Å². The normalized spacial score (nSPS) is 7.50. The lowest BCUT2D eigenvalue weighted by atomic mass is 10.3. The van der Waals surface area contributed by atoms with Crippen LogP contribution in [0.15, 0.2) is 160 Å². The van der Waals surface area contributed by atoms with Crippen molar-refractivity contribution in [3.63, 3.8) is 0 Å². The highest BCUT2D eigenvalue weighted by Crippen LogP contribution is 1.84. The van der Waals surface area contributed by atoms with E-state index < -0.39 is 0 Å². The molecule has 10 heteroatoms. The molecule has 0 aliphatic heterocycles. The fraction of sp³-hybridized carbons (Fsp3) is 0.581. The van der Waals surface area contributed by atoms with Crippen molar-refractivity contribution >= 4 is 0 Å². The Morgan fingerprint density at radius 2 is 0.319 bits per heavy atom. The van der Waals surface area contributed by atoms with Gasteiger partial charge in [0.15, 0.2) is 0 Å². The van der Waals surface area contributed by atoms with E-state index in [4.69, 9.17) is 0 Å². The Morgan fingerprint density at radius 1 is 0.167 bits per heavy atom. The van der Waals surface area contributed by atoms with Crippen molar-refractivity contribution in [1.82, 2.24) is 50.1 Å². The monoisotopic (exact) mass is 1010 g/mol. The van der Waals surface area contributed by atoms with Crippen LogP contribution in [0, 0.1) is 35.5 Å². The predicted octanol–water partition coefficient (Wildman–Crippen LogP) is 20.2. The molecule has 5 heterocycles. The summed E-state index contributed by atoms with van der Waals surface area (Å²) in [7, 11) is 0. The van der Waals surface area contributed by atoms with Gasteiger partial charge in [0.05, 0.1) is 0 Å². The molecule has 0 unspecified atom stereocenters. The van der Waals surface area contributed by atoms with Gasteiger partial charge in [-0.05, 0) is 65.8 Å². The van der Waals surface area contributed by atoms with Crippen molar-refractivity contribution in [2.45, 2.75) is 208 Å². The summed E-state index contributed by atoms with van der Waals surface area (Å²) in [6, 6.07) is 23.1. The molecule has 0 saturated heterocycles. The Kier molecular flexibility index (Phi) is 155. The first-order valence-electron chi connectivity index (χ1n) is 26.9. The molecule has 5 aromatic heterocycles. The highest BCUT2D eigenvalue weighted by atomic mass is 15.1. The van der Waals surface area contributed by atoms with Crippen LogP contribution in [0.4, 0.5) is 0 Å². The van der Waals surface area contributed by atoms with Gasteiger partial charge in [0.25, 0.3) is 0 Å². The first kappa shape index (κ1) is 96.2. The van der Waals surface area contributed by atoms with E-state index in [1.165, 1.54) is 25.3 Å². The lowest BCUT2D eigenvalue weighted by Crippen LogP contribution is -1.73. The number of hydrogen-bond acceptors (Lipinski definition) is 10. The molecule has 0 aliphatic carbocycles. The molecule has 0 radical (unpaired) electrons. The van der Waals surface area contributed by atoms with Crippen molar-refractivity contribution < 1.29 is 0 Å². The Bertz CT molecular complexity index is 936.